The summed E-state index contributed by atoms with van der Waals surface area (Å²) in [6, 6.07) is 4.06. The summed E-state index contributed by atoms with van der Waals surface area (Å²) in [4.78, 5) is 7.71. The van der Waals surface area contributed by atoms with Crippen molar-refractivity contribution >= 4 is 27.0 Å². The van der Waals surface area contributed by atoms with Crippen LogP contribution in [0, 0.1) is 6.92 Å². The summed E-state index contributed by atoms with van der Waals surface area (Å²) in [5.41, 5.74) is 8.52. The van der Waals surface area contributed by atoms with Crippen LogP contribution in [0.4, 0.5) is 0 Å². The zero-order valence-electron chi connectivity index (χ0n) is 9.09. The lowest BCUT2D eigenvalue weighted by atomic mass is 10.2. The van der Waals surface area contributed by atoms with Gasteiger partial charge in [-0.1, -0.05) is 15.9 Å². The summed E-state index contributed by atoms with van der Waals surface area (Å²) in [6.45, 7) is 3.60. The minimum absolute atomic E-state index is 0.475. The van der Waals surface area contributed by atoms with E-state index in [2.05, 4.69) is 25.9 Å². The lowest BCUT2D eigenvalue weighted by molar-refractivity contribution is 0.123. The van der Waals surface area contributed by atoms with E-state index < -0.39 is 0 Å². The maximum atomic E-state index is 5.35. The number of halogens is 1. The summed E-state index contributed by atoms with van der Waals surface area (Å²) >= 11 is 3.46. The van der Waals surface area contributed by atoms with Gasteiger partial charge < -0.3 is 15.5 Å². The first-order valence-electron chi connectivity index (χ1n) is 5.13. The number of rotatable bonds is 4. The summed E-state index contributed by atoms with van der Waals surface area (Å²) in [7, 11) is 0. The predicted octanol–water partition coefficient (Wildman–Crippen LogP) is 2.11. The van der Waals surface area contributed by atoms with Gasteiger partial charge >= 0.3 is 0 Å². The number of benzene rings is 1. The van der Waals surface area contributed by atoms with Crippen LogP contribution in [0.2, 0.25) is 0 Å². The SMILES string of the molecule is Cc1cc(Br)cc2[nH]c(COCCN)nc12. The minimum Gasteiger partial charge on any atom is -0.372 e. The van der Waals surface area contributed by atoms with Crippen LogP contribution in [-0.2, 0) is 11.3 Å². The average molecular weight is 284 g/mol. The van der Waals surface area contributed by atoms with Crippen LogP contribution in [0.3, 0.4) is 0 Å². The Morgan fingerprint density at radius 1 is 1.50 bits per heavy atom. The topological polar surface area (TPSA) is 63.9 Å². The molecule has 0 bridgehead atoms. The Morgan fingerprint density at radius 2 is 2.31 bits per heavy atom. The molecule has 2 aromatic rings. The largest absolute Gasteiger partial charge is 0.372 e. The van der Waals surface area contributed by atoms with Crippen molar-refractivity contribution in [2.75, 3.05) is 13.2 Å². The molecule has 0 unspecified atom stereocenters. The van der Waals surface area contributed by atoms with Gasteiger partial charge in [-0.3, -0.25) is 0 Å². The number of imidazole rings is 1. The summed E-state index contributed by atoms with van der Waals surface area (Å²) in [6.07, 6.45) is 0. The number of aromatic nitrogens is 2. The van der Waals surface area contributed by atoms with Crippen molar-refractivity contribution in [2.24, 2.45) is 5.73 Å². The van der Waals surface area contributed by atoms with Gasteiger partial charge in [-0.2, -0.15) is 0 Å². The number of aromatic amines is 1. The van der Waals surface area contributed by atoms with Crippen LogP contribution in [0.15, 0.2) is 16.6 Å². The molecule has 0 saturated heterocycles. The van der Waals surface area contributed by atoms with E-state index >= 15 is 0 Å². The van der Waals surface area contributed by atoms with Gasteiger partial charge in [0.05, 0.1) is 17.6 Å². The molecule has 3 N–H and O–H groups in total. The zero-order valence-corrected chi connectivity index (χ0v) is 10.7. The van der Waals surface area contributed by atoms with E-state index in [1.54, 1.807) is 0 Å². The Morgan fingerprint density at radius 3 is 3.06 bits per heavy atom. The zero-order chi connectivity index (χ0) is 11.5. The molecule has 0 spiro atoms. The number of fused-ring (bicyclic) bond motifs is 1. The lowest BCUT2D eigenvalue weighted by Crippen LogP contribution is -2.08. The van der Waals surface area contributed by atoms with Gasteiger partial charge in [0.1, 0.15) is 12.4 Å². The third-order valence-electron chi connectivity index (χ3n) is 2.29. The molecule has 0 aliphatic carbocycles. The molecule has 5 heteroatoms. The fourth-order valence-electron chi connectivity index (χ4n) is 1.62. The molecule has 0 aliphatic heterocycles. The fourth-order valence-corrected chi connectivity index (χ4v) is 2.19. The van der Waals surface area contributed by atoms with Crippen LogP contribution >= 0.6 is 15.9 Å². The van der Waals surface area contributed by atoms with Crippen LogP contribution in [0.25, 0.3) is 11.0 Å². The molecule has 1 aromatic carbocycles. The first-order chi connectivity index (χ1) is 7.70. The van der Waals surface area contributed by atoms with E-state index in [1.807, 2.05) is 19.1 Å². The molecule has 16 heavy (non-hydrogen) atoms. The van der Waals surface area contributed by atoms with Gasteiger partial charge in [-0.25, -0.2) is 4.98 Å². The van der Waals surface area contributed by atoms with E-state index in [0.717, 1.165) is 26.9 Å². The molecule has 0 aliphatic rings. The molecular weight excluding hydrogens is 270 g/mol. The van der Waals surface area contributed by atoms with Crippen LogP contribution < -0.4 is 5.73 Å². The number of hydrogen-bond acceptors (Lipinski definition) is 3. The summed E-state index contributed by atoms with van der Waals surface area (Å²) in [5, 5.41) is 0. The van der Waals surface area contributed by atoms with E-state index in [9.17, 15) is 0 Å². The number of nitrogens with two attached hydrogens (primary N) is 1. The number of hydrogen-bond donors (Lipinski definition) is 2. The number of ether oxygens (including phenoxy) is 1. The molecular formula is C11H14BrN3O. The van der Waals surface area contributed by atoms with Crippen molar-refractivity contribution in [3.05, 3.63) is 28.0 Å². The van der Waals surface area contributed by atoms with Crippen molar-refractivity contribution in [2.45, 2.75) is 13.5 Å². The fraction of sp³-hybridized carbons (Fsp3) is 0.364. The molecule has 1 aromatic heterocycles. The molecule has 2 rings (SSSR count). The van der Waals surface area contributed by atoms with Gasteiger partial charge in [-0.05, 0) is 24.6 Å². The highest BCUT2D eigenvalue weighted by Crippen LogP contribution is 2.22. The Hall–Kier alpha value is -0.910. The highest BCUT2D eigenvalue weighted by atomic mass is 79.9. The third kappa shape index (κ3) is 2.42. The maximum Gasteiger partial charge on any atom is 0.133 e. The molecule has 1 heterocycles. The monoisotopic (exact) mass is 283 g/mol. The van der Waals surface area contributed by atoms with Crippen molar-refractivity contribution < 1.29 is 4.74 Å². The smallest absolute Gasteiger partial charge is 0.133 e. The van der Waals surface area contributed by atoms with Crippen LogP contribution in [0.5, 0.6) is 0 Å². The van der Waals surface area contributed by atoms with Crippen LogP contribution in [0.1, 0.15) is 11.4 Å². The summed E-state index contributed by atoms with van der Waals surface area (Å²) in [5.74, 6) is 0.838. The first-order valence-corrected chi connectivity index (χ1v) is 5.92. The Bertz CT molecular complexity index is 495. The predicted molar refractivity (Wildman–Crippen MR) is 67.2 cm³/mol. The Balaban J connectivity index is 2.26. The van der Waals surface area contributed by atoms with E-state index in [1.165, 1.54) is 0 Å². The molecule has 0 amide bonds. The highest BCUT2D eigenvalue weighted by Gasteiger charge is 2.06. The number of aryl methyl sites for hydroxylation is 1. The number of nitrogens with one attached hydrogen (secondary N) is 1. The first kappa shape index (κ1) is 11.6. The quantitative estimate of drug-likeness (QED) is 0.845. The Labute approximate surface area is 102 Å². The third-order valence-corrected chi connectivity index (χ3v) is 2.75. The Kier molecular flexibility index (Phi) is 3.58. The normalized spacial score (nSPS) is 11.2. The average Bonchev–Trinajstić information content (AvgIpc) is 2.61. The molecule has 0 atom stereocenters. The van der Waals surface area contributed by atoms with Gasteiger partial charge in [0.15, 0.2) is 0 Å². The minimum atomic E-state index is 0.475. The van der Waals surface area contributed by atoms with Gasteiger partial charge in [0.25, 0.3) is 0 Å². The van der Waals surface area contributed by atoms with E-state index in [4.69, 9.17) is 10.5 Å². The molecule has 0 saturated carbocycles. The number of H-pyrrole nitrogens is 1. The molecule has 4 nitrogen and oxygen atoms in total. The highest BCUT2D eigenvalue weighted by molar-refractivity contribution is 9.10. The van der Waals surface area contributed by atoms with Crippen molar-refractivity contribution in [3.8, 4) is 0 Å². The standard InChI is InChI=1S/C11H14BrN3O/c1-7-4-8(12)5-9-11(7)15-10(14-9)6-16-3-2-13/h4-5H,2-3,6,13H2,1H3,(H,14,15). The lowest BCUT2D eigenvalue weighted by Gasteiger charge is -1.97. The van der Waals surface area contributed by atoms with Gasteiger partial charge in [-0.15, -0.1) is 0 Å². The number of nitrogens with zero attached hydrogens (tertiary/aromatic N) is 1. The second kappa shape index (κ2) is 4.95. The molecule has 0 fully saturated rings. The molecule has 0 radical (unpaired) electrons. The van der Waals surface area contributed by atoms with E-state index in [0.29, 0.717) is 19.8 Å². The van der Waals surface area contributed by atoms with Gasteiger partial charge in [0, 0.05) is 11.0 Å². The second-order valence-electron chi connectivity index (χ2n) is 3.64. The van der Waals surface area contributed by atoms with E-state index in [-0.39, 0.29) is 0 Å². The maximum absolute atomic E-state index is 5.35. The van der Waals surface area contributed by atoms with Gasteiger partial charge in [0.2, 0.25) is 0 Å². The summed E-state index contributed by atoms with van der Waals surface area (Å²) < 4.78 is 6.39. The van der Waals surface area contributed by atoms with Crippen LogP contribution in [-0.4, -0.2) is 23.1 Å². The van der Waals surface area contributed by atoms with Crippen molar-refractivity contribution in [1.82, 2.24) is 9.97 Å². The van der Waals surface area contributed by atoms with Crippen molar-refractivity contribution in [3.63, 3.8) is 0 Å². The molecule has 86 valence electrons. The van der Waals surface area contributed by atoms with Crippen molar-refractivity contribution in [1.29, 1.82) is 0 Å². The second-order valence-corrected chi connectivity index (χ2v) is 4.56.